The van der Waals surface area contributed by atoms with Crippen molar-refractivity contribution in [2.45, 2.75) is 50.9 Å². The molecule has 1 spiro atoms. The summed E-state index contributed by atoms with van der Waals surface area (Å²) in [5.74, 6) is 2.03. The first-order valence-electron chi connectivity index (χ1n) is 10.9. The number of nitrogens with one attached hydrogen (secondary N) is 1. The second-order valence-corrected chi connectivity index (χ2v) is 8.86. The van der Waals surface area contributed by atoms with Gasteiger partial charge in [0.2, 0.25) is 0 Å². The zero-order valence-electron chi connectivity index (χ0n) is 17.5. The number of rotatable bonds is 5. The number of aliphatic imine (C=N–C) groups is 1. The second-order valence-electron chi connectivity index (χ2n) is 8.86. The van der Waals surface area contributed by atoms with Crippen LogP contribution in [-0.2, 0) is 10.2 Å². The van der Waals surface area contributed by atoms with E-state index in [9.17, 15) is 0 Å². The van der Waals surface area contributed by atoms with Crippen LogP contribution < -0.4 is 10.1 Å². The van der Waals surface area contributed by atoms with Crippen molar-refractivity contribution >= 4 is 5.96 Å². The molecule has 28 heavy (non-hydrogen) atoms. The largest absolute Gasteiger partial charge is 0.497 e. The molecular weight excluding hydrogens is 350 g/mol. The number of methoxy groups -OCH3 is 1. The first-order valence-corrected chi connectivity index (χ1v) is 10.9. The number of nitrogens with zero attached hydrogens (tertiary/aromatic N) is 2. The van der Waals surface area contributed by atoms with Gasteiger partial charge in [-0.15, -0.1) is 0 Å². The summed E-state index contributed by atoms with van der Waals surface area (Å²) >= 11 is 0. The number of benzene rings is 1. The third-order valence-corrected chi connectivity index (χ3v) is 7.03. The van der Waals surface area contributed by atoms with Gasteiger partial charge in [-0.3, -0.25) is 4.99 Å². The average molecular weight is 386 g/mol. The maximum Gasteiger partial charge on any atom is 0.193 e. The van der Waals surface area contributed by atoms with E-state index >= 15 is 0 Å². The number of guanidine groups is 1. The molecule has 3 aliphatic rings. The predicted octanol–water partition coefficient (Wildman–Crippen LogP) is 3.58. The molecule has 1 aliphatic carbocycles. The molecule has 1 aromatic rings. The molecule has 5 nitrogen and oxygen atoms in total. The van der Waals surface area contributed by atoms with Crippen molar-refractivity contribution < 1.29 is 9.47 Å². The van der Waals surface area contributed by atoms with E-state index in [0.717, 1.165) is 51.1 Å². The quantitative estimate of drug-likeness (QED) is 0.622. The molecule has 4 rings (SSSR count). The highest BCUT2D eigenvalue weighted by Crippen LogP contribution is 2.43. The van der Waals surface area contributed by atoms with Crippen LogP contribution in [0.2, 0.25) is 0 Å². The van der Waals surface area contributed by atoms with Gasteiger partial charge < -0.3 is 19.7 Å². The van der Waals surface area contributed by atoms with Gasteiger partial charge in [0.1, 0.15) is 5.75 Å². The third-order valence-electron chi connectivity index (χ3n) is 7.03. The van der Waals surface area contributed by atoms with Crippen molar-refractivity contribution in [2.24, 2.45) is 10.4 Å². The normalized spacial score (nSPS) is 26.9. The lowest BCUT2D eigenvalue weighted by Gasteiger charge is -2.30. The summed E-state index contributed by atoms with van der Waals surface area (Å²) in [5.41, 5.74) is 1.88. The highest BCUT2D eigenvalue weighted by Gasteiger charge is 2.42. The maximum absolute atomic E-state index is 5.71. The van der Waals surface area contributed by atoms with E-state index in [1.807, 2.05) is 6.07 Å². The Kier molecular flexibility index (Phi) is 5.81. The van der Waals surface area contributed by atoms with E-state index in [4.69, 9.17) is 14.5 Å². The van der Waals surface area contributed by atoms with Gasteiger partial charge >= 0.3 is 0 Å². The van der Waals surface area contributed by atoms with Crippen molar-refractivity contribution in [3.05, 3.63) is 29.8 Å². The molecule has 1 saturated carbocycles. The van der Waals surface area contributed by atoms with Gasteiger partial charge in [0, 0.05) is 37.1 Å². The minimum Gasteiger partial charge on any atom is -0.497 e. The highest BCUT2D eigenvalue weighted by atomic mass is 16.5. The van der Waals surface area contributed by atoms with Crippen molar-refractivity contribution in [1.82, 2.24) is 10.2 Å². The average Bonchev–Trinajstić information content (AvgIpc) is 3.48. The Morgan fingerprint density at radius 1 is 1.25 bits per heavy atom. The molecule has 0 amide bonds. The van der Waals surface area contributed by atoms with Crippen molar-refractivity contribution in [3.8, 4) is 5.75 Å². The first-order chi connectivity index (χ1) is 13.7. The molecule has 2 saturated heterocycles. The van der Waals surface area contributed by atoms with Crippen LogP contribution in [0.25, 0.3) is 0 Å². The Morgan fingerprint density at radius 3 is 2.82 bits per heavy atom. The van der Waals surface area contributed by atoms with Crippen LogP contribution in [-0.4, -0.2) is 57.4 Å². The zero-order valence-corrected chi connectivity index (χ0v) is 17.5. The van der Waals surface area contributed by atoms with Gasteiger partial charge in [-0.1, -0.05) is 25.0 Å². The predicted molar refractivity (Wildman–Crippen MR) is 113 cm³/mol. The molecule has 1 N–H and O–H groups in total. The van der Waals surface area contributed by atoms with Crippen LogP contribution in [0.15, 0.2) is 29.3 Å². The van der Waals surface area contributed by atoms with Crippen LogP contribution in [0.1, 0.15) is 51.0 Å². The van der Waals surface area contributed by atoms with Crippen molar-refractivity contribution in [3.63, 3.8) is 0 Å². The Morgan fingerprint density at radius 2 is 2.11 bits per heavy atom. The monoisotopic (exact) mass is 385 g/mol. The van der Waals surface area contributed by atoms with E-state index in [2.05, 4.69) is 35.3 Å². The lowest BCUT2D eigenvalue weighted by molar-refractivity contribution is 0.156. The number of hydrogen-bond donors (Lipinski definition) is 1. The van der Waals surface area contributed by atoms with Gasteiger partial charge in [-0.2, -0.15) is 0 Å². The minimum absolute atomic E-state index is 0.142. The summed E-state index contributed by atoms with van der Waals surface area (Å²) < 4.78 is 11.2. The summed E-state index contributed by atoms with van der Waals surface area (Å²) in [5, 5.41) is 3.56. The number of hydrogen-bond acceptors (Lipinski definition) is 3. The fourth-order valence-electron chi connectivity index (χ4n) is 5.28. The Balaban J connectivity index is 1.54. The highest BCUT2D eigenvalue weighted by molar-refractivity contribution is 5.80. The van der Waals surface area contributed by atoms with Crippen LogP contribution in [0.5, 0.6) is 5.75 Å². The molecule has 154 valence electrons. The summed E-state index contributed by atoms with van der Waals surface area (Å²) in [4.78, 5) is 7.65. The Labute approximate surface area is 169 Å². The van der Waals surface area contributed by atoms with Gasteiger partial charge in [-0.25, -0.2) is 0 Å². The van der Waals surface area contributed by atoms with E-state index in [-0.39, 0.29) is 5.41 Å². The van der Waals surface area contributed by atoms with Gasteiger partial charge in [-0.05, 0) is 50.3 Å². The standard InChI is InChI=1S/C23H35N3O2/c1-3-24-21(26-13-11-22(17-26)12-14-28-18-22)25-16-23(9-4-5-10-23)19-7-6-8-20(15-19)27-2/h6-8,15H,3-5,9-14,16-18H2,1-2H3,(H,24,25). The van der Waals surface area contributed by atoms with E-state index in [0.29, 0.717) is 5.41 Å². The van der Waals surface area contributed by atoms with Crippen LogP contribution in [0.4, 0.5) is 0 Å². The molecule has 1 atom stereocenters. The molecule has 3 fully saturated rings. The molecule has 0 radical (unpaired) electrons. The van der Waals surface area contributed by atoms with Gasteiger partial charge in [0.05, 0.1) is 20.3 Å². The minimum atomic E-state index is 0.142. The third kappa shape index (κ3) is 3.86. The SMILES string of the molecule is CCNC(=NCC1(c2cccc(OC)c2)CCCC1)N1CCC2(CCOC2)C1. The van der Waals surface area contributed by atoms with Crippen LogP contribution in [0, 0.1) is 5.41 Å². The summed E-state index contributed by atoms with van der Waals surface area (Å²) in [6.45, 7) is 7.91. The smallest absolute Gasteiger partial charge is 0.193 e. The fourth-order valence-corrected chi connectivity index (χ4v) is 5.28. The van der Waals surface area contributed by atoms with E-state index in [1.54, 1.807) is 7.11 Å². The lowest BCUT2D eigenvalue weighted by atomic mass is 9.79. The van der Waals surface area contributed by atoms with Gasteiger partial charge in [0.25, 0.3) is 0 Å². The second kappa shape index (κ2) is 8.32. The van der Waals surface area contributed by atoms with Gasteiger partial charge in [0.15, 0.2) is 5.96 Å². The summed E-state index contributed by atoms with van der Waals surface area (Å²) in [6.07, 6.45) is 7.40. The molecule has 1 unspecified atom stereocenters. The Bertz CT molecular complexity index is 691. The molecule has 0 bridgehead atoms. The van der Waals surface area contributed by atoms with E-state index in [1.165, 1.54) is 44.1 Å². The summed E-state index contributed by atoms with van der Waals surface area (Å²) in [6, 6.07) is 8.63. The first kappa shape index (κ1) is 19.6. The number of ether oxygens (including phenoxy) is 2. The summed E-state index contributed by atoms with van der Waals surface area (Å²) in [7, 11) is 1.75. The van der Waals surface area contributed by atoms with Crippen LogP contribution >= 0.6 is 0 Å². The topological polar surface area (TPSA) is 46.1 Å². The molecule has 2 heterocycles. The zero-order chi connectivity index (χ0) is 19.5. The van der Waals surface area contributed by atoms with Crippen molar-refractivity contribution in [1.29, 1.82) is 0 Å². The number of likely N-dealkylation sites (tertiary alicyclic amines) is 1. The van der Waals surface area contributed by atoms with Crippen LogP contribution in [0.3, 0.4) is 0 Å². The van der Waals surface area contributed by atoms with Crippen molar-refractivity contribution in [2.75, 3.05) is 46.5 Å². The molecule has 1 aromatic carbocycles. The Hall–Kier alpha value is -1.75. The molecule has 0 aromatic heterocycles. The fraction of sp³-hybridized carbons (Fsp3) is 0.696. The lowest BCUT2D eigenvalue weighted by Crippen LogP contribution is -2.42. The van der Waals surface area contributed by atoms with E-state index < -0.39 is 0 Å². The maximum atomic E-state index is 5.71. The molecule has 5 heteroatoms. The molecular formula is C23H35N3O2. The molecule has 2 aliphatic heterocycles.